The van der Waals surface area contributed by atoms with Crippen molar-refractivity contribution in [2.75, 3.05) is 27.2 Å². The second-order valence-electron chi connectivity index (χ2n) is 6.65. The number of rotatable bonds is 4. The van der Waals surface area contributed by atoms with Gasteiger partial charge in [-0.05, 0) is 31.0 Å². The van der Waals surface area contributed by atoms with Gasteiger partial charge in [-0.1, -0.05) is 0 Å². The summed E-state index contributed by atoms with van der Waals surface area (Å²) < 4.78 is 53.1. The zero-order valence-electron chi connectivity index (χ0n) is 14.9. The number of amides is 1. The molecular weight excluding hydrogens is 378 g/mol. The molecule has 3 rings (SSSR count). The molecule has 0 bridgehead atoms. The maximum atomic E-state index is 13.4. The molecule has 1 aromatic carbocycles. The van der Waals surface area contributed by atoms with E-state index >= 15 is 0 Å². The third-order valence-electron chi connectivity index (χ3n) is 4.70. The molecule has 1 aliphatic rings. The highest BCUT2D eigenvalue weighted by atomic mass is 32.2. The van der Waals surface area contributed by atoms with E-state index in [-0.39, 0.29) is 29.8 Å². The van der Waals surface area contributed by atoms with Crippen molar-refractivity contribution in [3.63, 3.8) is 0 Å². The molecule has 0 spiro atoms. The van der Waals surface area contributed by atoms with Gasteiger partial charge in [-0.3, -0.25) is 9.89 Å². The number of carbonyl (C=O) groups is 1. The van der Waals surface area contributed by atoms with E-state index in [0.29, 0.717) is 30.2 Å². The maximum absolute atomic E-state index is 13.4. The fourth-order valence-corrected chi connectivity index (χ4v) is 4.67. The lowest BCUT2D eigenvalue weighted by Crippen LogP contribution is -2.38. The van der Waals surface area contributed by atoms with E-state index in [2.05, 4.69) is 10.2 Å². The van der Waals surface area contributed by atoms with Gasteiger partial charge in [0.15, 0.2) is 11.6 Å². The molecule has 0 radical (unpaired) electrons. The van der Waals surface area contributed by atoms with Crippen molar-refractivity contribution in [1.82, 2.24) is 19.4 Å². The molecule has 27 heavy (non-hydrogen) atoms. The van der Waals surface area contributed by atoms with Crippen LogP contribution in [0.15, 0.2) is 29.3 Å². The van der Waals surface area contributed by atoms with Crippen molar-refractivity contribution in [2.45, 2.75) is 23.7 Å². The third kappa shape index (κ3) is 3.72. The summed E-state index contributed by atoms with van der Waals surface area (Å²) in [4.78, 5) is 13.4. The van der Waals surface area contributed by atoms with Gasteiger partial charge >= 0.3 is 0 Å². The fourth-order valence-electron chi connectivity index (χ4n) is 3.19. The number of nitrogens with zero attached hydrogens (tertiary/aromatic N) is 3. The van der Waals surface area contributed by atoms with Crippen LogP contribution < -0.4 is 0 Å². The molecule has 7 nitrogen and oxygen atoms in total. The number of halogens is 2. The van der Waals surface area contributed by atoms with Crippen LogP contribution in [0.5, 0.6) is 0 Å². The minimum absolute atomic E-state index is 0.0391. The van der Waals surface area contributed by atoms with Crippen LogP contribution in [0.2, 0.25) is 0 Å². The third-order valence-corrected chi connectivity index (χ3v) is 6.59. The molecule has 1 amide bonds. The Morgan fingerprint density at radius 2 is 1.89 bits per heavy atom. The first-order valence-electron chi connectivity index (χ1n) is 8.42. The van der Waals surface area contributed by atoms with Gasteiger partial charge < -0.3 is 4.90 Å². The average Bonchev–Trinajstić information content (AvgIpc) is 3.12. The molecule has 1 aromatic heterocycles. The summed E-state index contributed by atoms with van der Waals surface area (Å²) in [6, 6.07) is 2.56. The Bertz CT molecular complexity index is 951. The van der Waals surface area contributed by atoms with Crippen LogP contribution in [0.4, 0.5) is 8.78 Å². The highest BCUT2D eigenvalue weighted by Gasteiger charge is 2.32. The summed E-state index contributed by atoms with van der Waals surface area (Å²) in [6.07, 6.45) is 2.44. The van der Waals surface area contributed by atoms with Crippen LogP contribution in [0, 0.1) is 11.6 Å². The Kier molecular flexibility index (Phi) is 5.29. The summed E-state index contributed by atoms with van der Waals surface area (Å²) >= 11 is 0. The highest BCUT2D eigenvalue weighted by molar-refractivity contribution is 7.89. The minimum atomic E-state index is -3.91. The molecule has 0 saturated carbocycles. The summed E-state index contributed by atoms with van der Waals surface area (Å²) in [7, 11) is -0.610. The zero-order chi connectivity index (χ0) is 19.8. The van der Waals surface area contributed by atoms with E-state index in [1.54, 1.807) is 14.1 Å². The number of aromatic amines is 1. The summed E-state index contributed by atoms with van der Waals surface area (Å²) in [6.45, 7) is 0.418. The lowest BCUT2D eigenvalue weighted by molar-refractivity contribution is 0.0825. The van der Waals surface area contributed by atoms with Gasteiger partial charge in [0.05, 0.1) is 22.3 Å². The molecule has 0 unspecified atom stereocenters. The predicted octanol–water partition coefficient (Wildman–Crippen LogP) is 1.96. The number of piperidine rings is 1. The second kappa shape index (κ2) is 7.35. The van der Waals surface area contributed by atoms with Gasteiger partial charge in [0, 0.05) is 33.1 Å². The van der Waals surface area contributed by atoms with Crippen LogP contribution in [0.3, 0.4) is 0 Å². The van der Waals surface area contributed by atoms with E-state index in [0.717, 1.165) is 12.1 Å². The maximum Gasteiger partial charge on any atom is 0.256 e. The van der Waals surface area contributed by atoms with Crippen molar-refractivity contribution < 1.29 is 22.0 Å². The Morgan fingerprint density at radius 1 is 1.22 bits per heavy atom. The van der Waals surface area contributed by atoms with E-state index in [1.807, 2.05) is 0 Å². The Balaban J connectivity index is 1.75. The number of H-pyrrole nitrogens is 1. The fraction of sp³-hybridized carbons (Fsp3) is 0.412. The average molecular weight is 398 g/mol. The molecule has 0 atom stereocenters. The lowest BCUT2D eigenvalue weighted by atomic mass is 9.92. The van der Waals surface area contributed by atoms with Crippen molar-refractivity contribution in [3.8, 4) is 0 Å². The van der Waals surface area contributed by atoms with Crippen molar-refractivity contribution in [2.24, 2.45) is 0 Å². The SMILES string of the molecule is CN(C)C(=O)c1cn[nH]c1C1CCN(S(=O)(=O)c2ccc(F)c(F)c2)CC1. The predicted molar refractivity (Wildman–Crippen MR) is 93.7 cm³/mol. The standard InChI is InChI=1S/C17H20F2N4O3S/c1-22(2)17(24)13-10-20-21-16(13)11-5-7-23(8-6-11)27(25,26)12-3-4-14(18)15(19)9-12/h3-4,9-11H,5-8H2,1-2H3,(H,20,21). The highest BCUT2D eigenvalue weighted by Crippen LogP contribution is 2.32. The van der Waals surface area contributed by atoms with Crippen LogP contribution in [-0.4, -0.2) is 60.9 Å². The zero-order valence-corrected chi connectivity index (χ0v) is 15.8. The number of nitrogens with one attached hydrogen (secondary N) is 1. The first-order valence-corrected chi connectivity index (χ1v) is 9.86. The van der Waals surface area contributed by atoms with E-state index in [1.165, 1.54) is 15.4 Å². The number of sulfonamides is 1. The van der Waals surface area contributed by atoms with Crippen LogP contribution >= 0.6 is 0 Å². The van der Waals surface area contributed by atoms with Crippen molar-refractivity contribution >= 4 is 15.9 Å². The summed E-state index contributed by atoms with van der Waals surface area (Å²) in [5, 5.41) is 6.81. The van der Waals surface area contributed by atoms with Gasteiger partial charge in [0.2, 0.25) is 10.0 Å². The molecule has 1 fully saturated rings. The normalized spacial score (nSPS) is 16.4. The molecule has 146 valence electrons. The van der Waals surface area contributed by atoms with Gasteiger partial charge in [-0.2, -0.15) is 9.40 Å². The van der Waals surface area contributed by atoms with Gasteiger partial charge in [-0.15, -0.1) is 0 Å². The molecule has 10 heteroatoms. The number of carbonyl (C=O) groups excluding carboxylic acids is 1. The van der Waals surface area contributed by atoms with Crippen molar-refractivity contribution in [3.05, 3.63) is 47.3 Å². The topological polar surface area (TPSA) is 86.4 Å². The number of hydrogen-bond acceptors (Lipinski definition) is 4. The summed E-state index contributed by atoms with van der Waals surface area (Å²) in [5.41, 5.74) is 1.17. The second-order valence-corrected chi connectivity index (χ2v) is 8.59. The molecule has 1 saturated heterocycles. The quantitative estimate of drug-likeness (QED) is 0.853. The van der Waals surface area contributed by atoms with E-state index in [9.17, 15) is 22.0 Å². The van der Waals surface area contributed by atoms with Gasteiger partial charge in [0.25, 0.3) is 5.91 Å². The number of aromatic nitrogens is 2. The molecule has 0 aliphatic carbocycles. The molecular formula is C17H20F2N4O3S. The van der Waals surface area contributed by atoms with E-state index in [4.69, 9.17) is 0 Å². The monoisotopic (exact) mass is 398 g/mol. The minimum Gasteiger partial charge on any atom is -0.345 e. The van der Waals surface area contributed by atoms with Gasteiger partial charge in [-0.25, -0.2) is 17.2 Å². The molecule has 1 aliphatic heterocycles. The smallest absolute Gasteiger partial charge is 0.256 e. The van der Waals surface area contributed by atoms with Crippen LogP contribution in [0.25, 0.3) is 0 Å². The van der Waals surface area contributed by atoms with Crippen molar-refractivity contribution in [1.29, 1.82) is 0 Å². The summed E-state index contributed by atoms with van der Waals surface area (Å²) in [5.74, 6) is -2.50. The Hall–Kier alpha value is -2.33. The van der Waals surface area contributed by atoms with Crippen LogP contribution in [0.1, 0.15) is 34.8 Å². The Morgan fingerprint density at radius 3 is 2.48 bits per heavy atom. The molecule has 1 N–H and O–H groups in total. The number of hydrogen-bond donors (Lipinski definition) is 1. The first-order chi connectivity index (χ1) is 12.7. The van der Waals surface area contributed by atoms with Crippen LogP contribution in [-0.2, 0) is 10.0 Å². The lowest BCUT2D eigenvalue weighted by Gasteiger charge is -2.31. The largest absolute Gasteiger partial charge is 0.345 e. The Labute approximate surface area is 156 Å². The molecule has 2 aromatic rings. The van der Waals surface area contributed by atoms with E-state index < -0.39 is 21.7 Å². The number of benzene rings is 1. The van der Waals surface area contributed by atoms with Gasteiger partial charge in [0.1, 0.15) is 0 Å². The molecule has 2 heterocycles. The first kappa shape index (κ1) is 19.4.